The van der Waals surface area contributed by atoms with Gasteiger partial charge in [-0.15, -0.1) is 0 Å². The molecule has 136 valence electrons. The molecule has 2 aliphatic heterocycles. The number of hydrazone groups is 1. The van der Waals surface area contributed by atoms with Crippen molar-refractivity contribution in [2.24, 2.45) is 5.10 Å². The highest BCUT2D eigenvalue weighted by Crippen LogP contribution is 2.33. The molecule has 1 amide bonds. The number of benzene rings is 1. The van der Waals surface area contributed by atoms with Crippen molar-refractivity contribution in [3.8, 4) is 0 Å². The first-order chi connectivity index (χ1) is 12.7. The van der Waals surface area contributed by atoms with Gasteiger partial charge < -0.3 is 4.42 Å². The van der Waals surface area contributed by atoms with Gasteiger partial charge in [-0.05, 0) is 29.8 Å². The molecule has 0 N–H and O–H groups in total. The summed E-state index contributed by atoms with van der Waals surface area (Å²) in [7, 11) is 0. The number of carbonyl (C=O) groups excluding carboxylic acids is 1. The van der Waals surface area contributed by atoms with Crippen molar-refractivity contribution in [3.63, 3.8) is 0 Å². The molecular weight excluding hydrogens is 370 g/mol. The minimum atomic E-state index is -0.192. The Balaban J connectivity index is 1.56. The minimum absolute atomic E-state index is 0.0160. The summed E-state index contributed by atoms with van der Waals surface area (Å²) in [6.07, 6.45) is 2.27. The zero-order valence-electron chi connectivity index (χ0n) is 14.3. The Morgan fingerprint density at radius 2 is 2.00 bits per heavy atom. The van der Waals surface area contributed by atoms with Crippen molar-refractivity contribution < 1.29 is 9.21 Å². The molecule has 3 heterocycles. The third-order valence-electron chi connectivity index (χ3n) is 4.68. The molecule has 4 rings (SSSR count). The van der Waals surface area contributed by atoms with Crippen LogP contribution < -0.4 is 0 Å². The minimum Gasteiger partial charge on any atom is -0.467 e. The number of thioether (sulfide) groups is 1. The van der Waals surface area contributed by atoms with E-state index in [1.54, 1.807) is 11.3 Å². The van der Waals surface area contributed by atoms with Gasteiger partial charge in [0.15, 0.2) is 0 Å². The highest BCUT2D eigenvalue weighted by molar-refractivity contribution is 7.99. The van der Waals surface area contributed by atoms with Crippen LogP contribution in [0.4, 0.5) is 0 Å². The second-order valence-corrected chi connectivity index (χ2v) is 8.08. The largest absolute Gasteiger partial charge is 0.467 e. The van der Waals surface area contributed by atoms with Gasteiger partial charge in [0, 0.05) is 36.0 Å². The van der Waals surface area contributed by atoms with Crippen molar-refractivity contribution in [1.82, 2.24) is 9.91 Å². The lowest BCUT2D eigenvalue weighted by Gasteiger charge is -2.28. The number of hydrogen-bond acceptors (Lipinski definition) is 5. The molecule has 1 atom stereocenters. The fourth-order valence-electron chi connectivity index (χ4n) is 3.28. The molecule has 2 aromatic rings. The third kappa shape index (κ3) is 3.82. The van der Waals surface area contributed by atoms with Crippen molar-refractivity contribution in [3.05, 3.63) is 59.0 Å². The lowest BCUT2D eigenvalue weighted by atomic mass is 10.0. The van der Waals surface area contributed by atoms with Crippen LogP contribution in [-0.4, -0.2) is 52.7 Å². The first-order valence-electron chi connectivity index (χ1n) is 8.70. The van der Waals surface area contributed by atoms with Gasteiger partial charge in [-0.25, -0.2) is 5.01 Å². The zero-order chi connectivity index (χ0) is 17.9. The van der Waals surface area contributed by atoms with Crippen molar-refractivity contribution in [2.75, 3.05) is 31.1 Å². The summed E-state index contributed by atoms with van der Waals surface area (Å²) >= 11 is 7.92. The lowest BCUT2D eigenvalue weighted by Crippen LogP contribution is -2.41. The van der Waals surface area contributed by atoms with Gasteiger partial charge in [0.2, 0.25) is 0 Å². The molecule has 1 aromatic carbocycles. The Morgan fingerprint density at radius 1 is 1.23 bits per heavy atom. The number of furan rings is 1. The summed E-state index contributed by atoms with van der Waals surface area (Å²) in [5.74, 6) is 2.94. The van der Waals surface area contributed by atoms with Gasteiger partial charge in [-0.2, -0.15) is 16.9 Å². The summed E-state index contributed by atoms with van der Waals surface area (Å²) in [5, 5.41) is 6.94. The van der Waals surface area contributed by atoms with Gasteiger partial charge in [0.05, 0.1) is 18.5 Å². The van der Waals surface area contributed by atoms with Gasteiger partial charge in [0.1, 0.15) is 11.8 Å². The fraction of sp³-hybridized carbons (Fsp3) is 0.368. The van der Waals surface area contributed by atoms with Crippen LogP contribution in [-0.2, 0) is 4.79 Å². The Hall–Kier alpha value is -1.76. The Bertz CT molecular complexity index is 786. The predicted molar refractivity (Wildman–Crippen MR) is 105 cm³/mol. The van der Waals surface area contributed by atoms with Crippen molar-refractivity contribution in [1.29, 1.82) is 0 Å². The van der Waals surface area contributed by atoms with E-state index in [1.165, 1.54) is 0 Å². The molecule has 0 saturated carbocycles. The predicted octanol–water partition coefficient (Wildman–Crippen LogP) is 3.66. The molecule has 1 aromatic heterocycles. The molecular formula is C19H20ClN3O2S. The molecule has 26 heavy (non-hydrogen) atoms. The van der Waals surface area contributed by atoms with Gasteiger partial charge in [-0.1, -0.05) is 23.7 Å². The summed E-state index contributed by atoms with van der Waals surface area (Å²) in [5.41, 5.74) is 1.86. The van der Waals surface area contributed by atoms with E-state index in [2.05, 4.69) is 10.0 Å². The molecule has 0 radical (unpaired) electrons. The molecule has 1 unspecified atom stereocenters. The second kappa shape index (κ2) is 7.86. The van der Waals surface area contributed by atoms with E-state index in [4.69, 9.17) is 16.0 Å². The van der Waals surface area contributed by atoms with Crippen LogP contribution in [0.15, 0.2) is 52.2 Å². The number of carbonyl (C=O) groups is 1. The SMILES string of the molecule is O=C(CN1CCSCC1)N1N=C(c2ccc(Cl)cc2)CC1c1ccco1. The van der Waals surface area contributed by atoms with E-state index in [0.29, 0.717) is 18.0 Å². The quantitative estimate of drug-likeness (QED) is 0.800. The van der Waals surface area contributed by atoms with Gasteiger partial charge >= 0.3 is 0 Å². The number of hydrogen-bond donors (Lipinski definition) is 0. The normalized spacial score (nSPS) is 21.0. The number of amides is 1. The first kappa shape index (κ1) is 17.6. The van der Waals surface area contributed by atoms with Crippen LogP contribution >= 0.6 is 23.4 Å². The molecule has 1 fully saturated rings. The molecule has 0 spiro atoms. The molecule has 1 saturated heterocycles. The summed E-state index contributed by atoms with van der Waals surface area (Å²) in [6, 6.07) is 11.1. The fourth-order valence-corrected chi connectivity index (χ4v) is 4.39. The van der Waals surface area contributed by atoms with E-state index < -0.39 is 0 Å². The second-order valence-electron chi connectivity index (χ2n) is 6.42. The smallest absolute Gasteiger partial charge is 0.257 e. The molecule has 5 nitrogen and oxygen atoms in total. The maximum Gasteiger partial charge on any atom is 0.257 e. The van der Waals surface area contributed by atoms with Crippen LogP contribution in [0.5, 0.6) is 0 Å². The average molecular weight is 390 g/mol. The Morgan fingerprint density at radius 3 is 2.69 bits per heavy atom. The maximum absolute atomic E-state index is 13.0. The Labute approximate surface area is 162 Å². The van der Waals surface area contributed by atoms with E-state index in [-0.39, 0.29) is 11.9 Å². The van der Waals surface area contributed by atoms with Crippen LogP contribution in [0, 0.1) is 0 Å². The monoisotopic (exact) mass is 389 g/mol. The van der Waals surface area contributed by atoms with Crippen LogP contribution in [0.1, 0.15) is 23.8 Å². The lowest BCUT2D eigenvalue weighted by molar-refractivity contribution is -0.134. The third-order valence-corrected chi connectivity index (χ3v) is 5.87. The van der Waals surface area contributed by atoms with E-state index in [0.717, 1.165) is 41.6 Å². The molecule has 0 bridgehead atoms. The van der Waals surface area contributed by atoms with E-state index >= 15 is 0 Å². The van der Waals surface area contributed by atoms with Crippen LogP contribution in [0.2, 0.25) is 5.02 Å². The molecule has 0 aliphatic carbocycles. The molecule has 7 heteroatoms. The standard InChI is InChI=1S/C19H20ClN3O2S/c20-15-5-3-14(4-6-15)16-12-17(18-2-1-9-25-18)23(21-16)19(24)13-22-7-10-26-11-8-22/h1-6,9,17H,7-8,10-13H2. The summed E-state index contributed by atoms with van der Waals surface area (Å²) < 4.78 is 5.59. The highest BCUT2D eigenvalue weighted by Gasteiger charge is 2.35. The summed E-state index contributed by atoms with van der Waals surface area (Å²) in [6.45, 7) is 2.29. The van der Waals surface area contributed by atoms with Crippen molar-refractivity contribution >= 4 is 35.0 Å². The highest BCUT2D eigenvalue weighted by atomic mass is 35.5. The number of halogens is 1. The van der Waals surface area contributed by atoms with Crippen LogP contribution in [0.25, 0.3) is 0 Å². The maximum atomic E-state index is 13.0. The van der Waals surface area contributed by atoms with Gasteiger partial charge in [0.25, 0.3) is 5.91 Å². The van der Waals surface area contributed by atoms with Crippen molar-refractivity contribution in [2.45, 2.75) is 12.5 Å². The number of rotatable bonds is 4. The molecule has 2 aliphatic rings. The summed E-state index contributed by atoms with van der Waals surface area (Å²) in [4.78, 5) is 15.2. The van der Waals surface area contributed by atoms with E-state index in [1.807, 2.05) is 48.2 Å². The van der Waals surface area contributed by atoms with Gasteiger partial charge in [-0.3, -0.25) is 9.69 Å². The van der Waals surface area contributed by atoms with E-state index in [9.17, 15) is 4.79 Å². The first-order valence-corrected chi connectivity index (χ1v) is 10.2. The average Bonchev–Trinajstić information content (AvgIpc) is 3.33. The zero-order valence-corrected chi connectivity index (χ0v) is 15.9. The Kier molecular flexibility index (Phi) is 5.33. The van der Waals surface area contributed by atoms with Crippen LogP contribution in [0.3, 0.4) is 0 Å². The topological polar surface area (TPSA) is 49.1 Å². The number of nitrogens with zero attached hydrogens (tertiary/aromatic N) is 3.